The number of ether oxygens (including phenoxy) is 3. The molecule has 10 heteroatoms. The van der Waals surface area contributed by atoms with Gasteiger partial charge in [0.2, 0.25) is 0 Å². The molecule has 0 atom stereocenters. The third kappa shape index (κ3) is 6.05. The SMILES string of the molecule is COC(=O)c1cc(Oc2nc3c(F)c(-c4ccc(-c5ccc(CN6CC(OCCO)C6)cc5)cc4)c(F)cc3[nH]2)ccc1C. The van der Waals surface area contributed by atoms with Crippen LogP contribution in [0.3, 0.4) is 0 Å². The molecule has 0 spiro atoms. The number of methoxy groups -OCH3 is 1. The molecule has 1 saturated heterocycles. The van der Waals surface area contributed by atoms with Gasteiger partial charge < -0.3 is 24.3 Å². The highest BCUT2D eigenvalue weighted by atomic mass is 19.1. The van der Waals surface area contributed by atoms with Crippen LogP contribution < -0.4 is 4.74 Å². The normalized spacial score (nSPS) is 13.7. The van der Waals surface area contributed by atoms with Gasteiger partial charge in [-0.15, -0.1) is 0 Å². The van der Waals surface area contributed by atoms with Gasteiger partial charge >= 0.3 is 5.97 Å². The number of imidazole rings is 1. The molecule has 1 aromatic heterocycles. The molecule has 0 unspecified atom stereocenters. The van der Waals surface area contributed by atoms with Gasteiger partial charge in [-0.3, -0.25) is 4.90 Å². The van der Waals surface area contributed by atoms with E-state index in [1.54, 1.807) is 31.2 Å². The number of carbonyl (C=O) groups is 1. The van der Waals surface area contributed by atoms with Crippen LogP contribution in [0, 0.1) is 18.6 Å². The fourth-order valence-electron chi connectivity index (χ4n) is 5.34. The lowest BCUT2D eigenvalue weighted by atomic mass is 9.98. The number of nitrogens with one attached hydrogen (secondary N) is 1. The minimum absolute atomic E-state index is 0.0376. The Morgan fingerprint density at radius 1 is 1.00 bits per heavy atom. The van der Waals surface area contributed by atoms with Gasteiger partial charge in [-0.1, -0.05) is 54.6 Å². The second kappa shape index (κ2) is 12.5. The number of aliphatic hydroxyl groups excluding tert-OH is 1. The van der Waals surface area contributed by atoms with Gasteiger partial charge in [-0.25, -0.2) is 13.6 Å². The third-order valence-electron chi connectivity index (χ3n) is 7.71. The highest BCUT2D eigenvalue weighted by Gasteiger charge is 2.27. The number of halogens is 2. The van der Waals surface area contributed by atoms with E-state index in [0.717, 1.165) is 30.8 Å². The molecule has 0 bridgehead atoms. The average Bonchev–Trinajstić information content (AvgIpc) is 3.42. The van der Waals surface area contributed by atoms with Gasteiger partial charge in [-0.2, -0.15) is 4.98 Å². The molecular formula is C34H31F2N3O5. The Kier molecular flexibility index (Phi) is 8.38. The van der Waals surface area contributed by atoms with Crippen LogP contribution >= 0.6 is 0 Å². The van der Waals surface area contributed by atoms with Gasteiger partial charge in [0, 0.05) is 25.7 Å². The van der Waals surface area contributed by atoms with Crippen molar-refractivity contribution >= 4 is 17.0 Å². The maximum atomic E-state index is 15.7. The molecule has 0 amide bonds. The number of aryl methyl sites for hydroxylation is 1. The number of likely N-dealkylation sites (tertiary alicyclic amines) is 1. The van der Waals surface area contributed by atoms with Crippen molar-refractivity contribution in [3.63, 3.8) is 0 Å². The van der Waals surface area contributed by atoms with Crippen LogP contribution in [0.5, 0.6) is 11.8 Å². The largest absolute Gasteiger partial charge is 0.465 e. The second-order valence-corrected chi connectivity index (χ2v) is 10.7. The van der Waals surface area contributed by atoms with Crippen molar-refractivity contribution in [1.29, 1.82) is 0 Å². The van der Waals surface area contributed by atoms with Crippen molar-refractivity contribution < 1.29 is 32.9 Å². The maximum Gasteiger partial charge on any atom is 0.338 e. The van der Waals surface area contributed by atoms with E-state index in [1.165, 1.54) is 24.8 Å². The highest BCUT2D eigenvalue weighted by molar-refractivity contribution is 5.91. The Morgan fingerprint density at radius 3 is 2.36 bits per heavy atom. The summed E-state index contributed by atoms with van der Waals surface area (Å²) in [5.74, 6) is -1.77. The molecule has 6 rings (SSSR count). The van der Waals surface area contributed by atoms with Crippen molar-refractivity contribution in [3.05, 3.63) is 101 Å². The van der Waals surface area contributed by atoms with Crippen LogP contribution in [-0.2, 0) is 16.0 Å². The lowest BCUT2D eigenvalue weighted by Crippen LogP contribution is -2.51. The first-order valence-electron chi connectivity index (χ1n) is 14.2. The number of carbonyl (C=O) groups excluding carboxylic acids is 1. The van der Waals surface area contributed by atoms with Crippen molar-refractivity contribution in [2.75, 3.05) is 33.4 Å². The lowest BCUT2D eigenvalue weighted by molar-refractivity contribution is -0.0664. The minimum atomic E-state index is -0.808. The number of benzene rings is 4. The highest BCUT2D eigenvalue weighted by Crippen LogP contribution is 2.34. The standard InChI is InChI=1S/C34H31F2N3O5/c1-20-3-12-25(15-27(20)33(41)42-2)44-34-37-29-16-28(35)30(31(36)32(29)38-34)24-10-8-23(9-11-24)22-6-4-21(5-7-22)17-39-18-26(19-39)43-14-13-40/h3-12,15-16,26,40H,13-14,17-19H2,1-2H3,(H,37,38). The monoisotopic (exact) mass is 599 g/mol. The number of aliphatic hydroxyl groups is 1. The van der Waals surface area contributed by atoms with E-state index < -0.39 is 17.6 Å². The van der Waals surface area contributed by atoms with Gasteiger partial charge in [0.15, 0.2) is 5.82 Å². The van der Waals surface area contributed by atoms with E-state index in [4.69, 9.17) is 19.3 Å². The molecule has 2 heterocycles. The van der Waals surface area contributed by atoms with Crippen LogP contribution in [0.25, 0.3) is 33.3 Å². The fourth-order valence-corrected chi connectivity index (χ4v) is 5.34. The Labute approximate surface area is 252 Å². The predicted octanol–water partition coefficient (Wildman–Crippen LogP) is 6.26. The number of H-pyrrole nitrogens is 1. The van der Waals surface area contributed by atoms with E-state index in [1.807, 2.05) is 24.3 Å². The molecule has 0 saturated carbocycles. The van der Waals surface area contributed by atoms with Gasteiger partial charge in [0.25, 0.3) is 6.01 Å². The molecular weight excluding hydrogens is 568 g/mol. The summed E-state index contributed by atoms with van der Waals surface area (Å²) in [6.07, 6.45) is 0.181. The first kappa shape index (κ1) is 29.4. The Balaban J connectivity index is 1.17. The zero-order valence-corrected chi connectivity index (χ0v) is 24.3. The minimum Gasteiger partial charge on any atom is -0.465 e. The third-order valence-corrected chi connectivity index (χ3v) is 7.71. The summed E-state index contributed by atoms with van der Waals surface area (Å²) in [5, 5.41) is 8.87. The fraction of sp³-hybridized carbons (Fsp3) is 0.235. The molecule has 5 aromatic rings. The zero-order chi connectivity index (χ0) is 30.8. The maximum absolute atomic E-state index is 15.7. The molecule has 8 nitrogen and oxygen atoms in total. The molecule has 4 aromatic carbocycles. The molecule has 226 valence electrons. The number of hydrogen-bond donors (Lipinski definition) is 2. The molecule has 44 heavy (non-hydrogen) atoms. The number of esters is 1. The number of rotatable bonds is 10. The van der Waals surface area contributed by atoms with Crippen LogP contribution in [0.1, 0.15) is 21.5 Å². The van der Waals surface area contributed by atoms with Crippen molar-refractivity contribution in [2.24, 2.45) is 0 Å². The molecule has 1 fully saturated rings. The van der Waals surface area contributed by atoms with Gasteiger partial charge in [0.1, 0.15) is 17.1 Å². The van der Waals surface area contributed by atoms with E-state index in [9.17, 15) is 4.79 Å². The number of aromatic nitrogens is 2. The molecule has 1 aliphatic rings. The topological polar surface area (TPSA) is 96.9 Å². The van der Waals surface area contributed by atoms with Crippen LogP contribution in [0.15, 0.2) is 72.8 Å². The number of nitrogens with zero attached hydrogens (tertiary/aromatic N) is 2. The van der Waals surface area contributed by atoms with Crippen molar-refractivity contribution in [3.8, 4) is 34.0 Å². The number of aromatic amines is 1. The van der Waals surface area contributed by atoms with E-state index >= 15 is 8.78 Å². The summed E-state index contributed by atoms with van der Waals surface area (Å²) < 4.78 is 46.9. The smallest absolute Gasteiger partial charge is 0.338 e. The molecule has 0 radical (unpaired) electrons. The summed E-state index contributed by atoms with van der Waals surface area (Å²) in [6.45, 7) is 4.68. The summed E-state index contributed by atoms with van der Waals surface area (Å²) in [5.41, 5.74) is 4.39. The molecule has 0 aliphatic carbocycles. The quantitative estimate of drug-likeness (QED) is 0.183. The summed E-state index contributed by atoms with van der Waals surface area (Å²) in [7, 11) is 1.29. The van der Waals surface area contributed by atoms with Crippen LogP contribution in [0.4, 0.5) is 8.78 Å². The summed E-state index contributed by atoms with van der Waals surface area (Å²) in [6, 6.07) is 21.2. The average molecular weight is 600 g/mol. The Bertz CT molecular complexity index is 1800. The molecule has 1 aliphatic heterocycles. The number of hydrogen-bond acceptors (Lipinski definition) is 7. The zero-order valence-electron chi connectivity index (χ0n) is 24.3. The van der Waals surface area contributed by atoms with Crippen LogP contribution in [0.2, 0.25) is 0 Å². The first-order valence-corrected chi connectivity index (χ1v) is 14.2. The summed E-state index contributed by atoms with van der Waals surface area (Å²) in [4.78, 5) is 21.3. The van der Waals surface area contributed by atoms with Crippen molar-refractivity contribution in [1.82, 2.24) is 14.9 Å². The Hall–Kier alpha value is -4.64. The summed E-state index contributed by atoms with van der Waals surface area (Å²) >= 11 is 0. The van der Waals surface area contributed by atoms with E-state index in [0.29, 0.717) is 23.3 Å². The Morgan fingerprint density at radius 2 is 1.68 bits per heavy atom. The van der Waals surface area contributed by atoms with Crippen LogP contribution in [-0.4, -0.2) is 65.5 Å². The van der Waals surface area contributed by atoms with Crippen molar-refractivity contribution in [2.45, 2.75) is 19.6 Å². The first-order chi connectivity index (χ1) is 21.3. The van der Waals surface area contributed by atoms with Gasteiger partial charge in [0.05, 0.1) is 43.1 Å². The number of fused-ring (bicyclic) bond motifs is 1. The molecule has 2 N–H and O–H groups in total. The van der Waals surface area contributed by atoms with E-state index in [-0.39, 0.29) is 41.1 Å². The second-order valence-electron chi connectivity index (χ2n) is 10.7. The van der Waals surface area contributed by atoms with E-state index in [2.05, 4.69) is 27.0 Å². The predicted molar refractivity (Wildman–Crippen MR) is 162 cm³/mol. The van der Waals surface area contributed by atoms with Gasteiger partial charge in [-0.05, 0) is 46.9 Å². The lowest BCUT2D eigenvalue weighted by Gasteiger charge is -2.38.